The van der Waals surface area contributed by atoms with Gasteiger partial charge in [0.15, 0.2) is 5.76 Å². The second-order valence-corrected chi connectivity index (χ2v) is 7.92. The molecular formula is C23H19N3O3S. The second kappa shape index (κ2) is 7.76. The van der Waals surface area contributed by atoms with Crippen molar-refractivity contribution in [3.8, 4) is 11.5 Å². The predicted molar refractivity (Wildman–Crippen MR) is 117 cm³/mol. The highest BCUT2D eigenvalue weighted by Gasteiger charge is 2.21. The van der Waals surface area contributed by atoms with Gasteiger partial charge in [-0.15, -0.1) is 11.3 Å². The fourth-order valence-corrected chi connectivity index (χ4v) is 3.97. The number of esters is 1. The van der Waals surface area contributed by atoms with Gasteiger partial charge in [0.25, 0.3) is 0 Å². The molecule has 1 aliphatic rings. The summed E-state index contributed by atoms with van der Waals surface area (Å²) >= 11 is 1.56. The Hall–Kier alpha value is -3.45. The van der Waals surface area contributed by atoms with E-state index in [2.05, 4.69) is 0 Å². The number of furan rings is 1. The minimum atomic E-state index is -0.358. The first kappa shape index (κ1) is 18.6. The summed E-state index contributed by atoms with van der Waals surface area (Å²) in [5.41, 5.74) is 3.07. The number of nitrogens with zero attached hydrogens (tertiary/aromatic N) is 3. The maximum absolute atomic E-state index is 11.6. The molecule has 0 bridgehead atoms. The Balaban J connectivity index is 1.53. The van der Waals surface area contributed by atoms with Gasteiger partial charge in [0.1, 0.15) is 11.3 Å². The SMILES string of the molecule is COC(=O)c1ccc(/C=N\n2c(-c3cc4ccccc4o3)csc2=NC2CC2)cc1. The largest absolute Gasteiger partial charge is 0.465 e. The van der Waals surface area contributed by atoms with Crippen molar-refractivity contribution in [2.45, 2.75) is 18.9 Å². The number of hydrogen-bond acceptors (Lipinski definition) is 6. The second-order valence-electron chi connectivity index (χ2n) is 7.08. The van der Waals surface area contributed by atoms with E-state index in [0.29, 0.717) is 11.6 Å². The molecule has 2 aromatic carbocycles. The summed E-state index contributed by atoms with van der Waals surface area (Å²) in [4.78, 5) is 17.3. The molecule has 150 valence electrons. The van der Waals surface area contributed by atoms with E-state index in [-0.39, 0.29) is 5.97 Å². The topological polar surface area (TPSA) is 69.1 Å². The third-order valence-corrected chi connectivity index (χ3v) is 5.69. The van der Waals surface area contributed by atoms with E-state index in [0.717, 1.165) is 45.6 Å². The summed E-state index contributed by atoms with van der Waals surface area (Å²) in [6.45, 7) is 0. The Bertz CT molecular complexity index is 1270. The number of benzene rings is 2. The molecule has 7 heteroatoms. The van der Waals surface area contributed by atoms with Gasteiger partial charge in [0.2, 0.25) is 4.80 Å². The van der Waals surface area contributed by atoms with Gasteiger partial charge in [-0.25, -0.2) is 9.47 Å². The first-order valence-electron chi connectivity index (χ1n) is 9.67. The first-order valence-corrected chi connectivity index (χ1v) is 10.6. The van der Waals surface area contributed by atoms with E-state index in [1.165, 1.54) is 7.11 Å². The van der Waals surface area contributed by atoms with Crippen molar-refractivity contribution >= 4 is 34.5 Å². The minimum Gasteiger partial charge on any atom is -0.465 e. The lowest BCUT2D eigenvalue weighted by Gasteiger charge is -2.01. The third-order valence-electron chi connectivity index (χ3n) is 4.86. The molecule has 0 amide bonds. The third kappa shape index (κ3) is 3.71. The summed E-state index contributed by atoms with van der Waals surface area (Å²) in [7, 11) is 1.37. The molecule has 0 radical (unpaired) electrons. The first-order chi connectivity index (χ1) is 14.7. The average Bonchev–Trinajstić information content (AvgIpc) is 3.35. The molecule has 5 rings (SSSR count). The molecule has 30 heavy (non-hydrogen) atoms. The Kier molecular flexibility index (Phi) is 4.80. The summed E-state index contributed by atoms with van der Waals surface area (Å²) in [6.07, 6.45) is 4.00. The van der Waals surface area contributed by atoms with Crippen LogP contribution in [0.1, 0.15) is 28.8 Å². The van der Waals surface area contributed by atoms with Gasteiger partial charge in [-0.05, 0) is 42.7 Å². The molecule has 0 unspecified atom stereocenters. The van der Waals surface area contributed by atoms with Crippen molar-refractivity contribution in [1.29, 1.82) is 0 Å². The standard InChI is InChI=1S/C23H19N3O3S/c1-28-22(27)16-8-6-15(7-9-16)13-24-26-19(14-30-23(26)25-18-10-11-18)21-12-17-4-2-3-5-20(17)29-21/h2-9,12-14,18H,10-11H2,1H3/b24-13-,25-23?. The summed E-state index contributed by atoms with van der Waals surface area (Å²) in [5.74, 6) is 0.395. The maximum atomic E-state index is 11.6. The molecule has 2 aromatic heterocycles. The molecule has 2 heterocycles. The number of fused-ring (bicyclic) bond motifs is 1. The van der Waals surface area contributed by atoms with Crippen LogP contribution in [0.2, 0.25) is 0 Å². The zero-order valence-electron chi connectivity index (χ0n) is 16.3. The highest BCUT2D eigenvalue weighted by molar-refractivity contribution is 7.07. The average molecular weight is 417 g/mol. The van der Waals surface area contributed by atoms with Gasteiger partial charge in [0, 0.05) is 10.8 Å². The van der Waals surface area contributed by atoms with Crippen molar-refractivity contribution in [3.05, 3.63) is 75.9 Å². The number of rotatable bonds is 5. The van der Waals surface area contributed by atoms with Gasteiger partial charge < -0.3 is 9.15 Å². The summed E-state index contributed by atoms with van der Waals surface area (Å²) < 4.78 is 12.6. The van der Waals surface area contributed by atoms with Crippen molar-refractivity contribution in [3.63, 3.8) is 0 Å². The van der Waals surface area contributed by atoms with Crippen LogP contribution in [0.25, 0.3) is 22.4 Å². The number of methoxy groups -OCH3 is 1. The van der Waals surface area contributed by atoms with Crippen molar-refractivity contribution in [2.75, 3.05) is 7.11 Å². The number of carbonyl (C=O) groups excluding carboxylic acids is 1. The summed E-state index contributed by atoms with van der Waals surface area (Å²) in [6, 6.07) is 17.5. The highest BCUT2D eigenvalue weighted by Crippen LogP contribution is 2.29. The molecule has 0 N–H and O–H groups in total. The van der Waals surface area contributed by atoms with E-state index in [4.69, 9.17) is 19.2 Å². The van der Waals surface area contributed by atoms with E-state index in [9.17, 15) is 4.79 Å². The number of thiazole rings is 1. The van der Waals surface area contributed by atoms with Gasteiger partial charge in [0.05, 0.1) is 24.9 Å². The molecule has 0 saturated heterocycles. The number of hydrogen-bond donors (Lipinski definition) is 0. The lowest BCUT2D eigenvalue weighted by molar-refractivity contribution is 0.0600. The number of ether oxygens (including phenoxy) is 1. The predicted octanol–water partition coefficient (Wildman–Crippen LogP) is 4.69. The Morgan fingerprint density at radius 1 is 1.20 bits per heavy atom. The van der Waals surface area contributed by atoms with Gasteiger partial charge >= 0.3 is 5.97 Å². The molecule has 0 atom stereocenters. The van der Waals surface area contributed by atoms with Gasteiger partial charge in [-0.2, -0.15) is 5.10 Å². The van der Waals surface area contributed by atoms with Crippen LogP contribution < -0.4 is 4.80 Å². The lowest BCUT2D eigenvalue weighted by Crippen LogP contribution is -2.12. The number of carbonyl (C=O) groups is 1. The van der Waals surface area contributed by atoms with E-state index >= 15 is 0 Å². The number of para-hydroxylation sites is 1. The fraction of sp³-hybridized carbons (Fsp3) is 0.174. The molecular weight excluding hydrogens is 398 g/mol. The van der Waals surface area contributed by atoms with Gasteiger partial charge in [-0.1, -0.05) is 30.3 Å². The van der Waals surface area contributed by atoms with Gasteiger partial charge in [-0.3, -0.25) is 4.99 Å². The van der Waals surface area contributed by atoms with E-state index in [1.54, 1.807) is 29.7 Å². The smallest absolute Gasteiger partial charge is 0.337 e. The van der Waals surface area contributed by atoms with Crippen LogP contribution in [0, 0.1) is 0 Å². The molecule has 1 fully saturated rings. The Morgan fingerprint density at radius 3 is 2.73 bits per heavy atom. The Morgan fingerprint density at radius 2 is 2.00 bits per heavy atom. The van der Waals surface area contributed by atoms with Crippen LogP contribution >= 0.6 is 11.3 Å². The zero-order valence-corrected chi connectivity index (χ0v) is 17.1. The lowest BCUT2D eigenvalue weighted by atomic mass is 10.1. The quantitative estimate of drug-likeness (QED) is 0.349. The van der Waals surface area contributed by atoms with Crippen LogP contribution in [0.5, 0.6) is 0 Å². The van der Waals surface area contributed by atoms with Crippen LogP contribution in [0.4, 0.5) is 0 Å². The minimum absolute atomic E-state index is 0.358. The van der Waals surface area contributed by atoms with Crippen LogP contribution in [0.15, 0.2) is 74.5 Å². The van der Waals surface area contributed by atoms with E-state index < -0.39 is 0 Å². The summed E-state index contributed by atoms with van der Waals surface area (Å²) in [5, 5.41) is 7.76. The molecule has 6 nitrogen and oxygen atoms in total. The van der Waals surface area contributed by atoms with E-state index in [1.807, 2.05) is 52.5 Å². The molecule has 0 aliphatic heterocycles. The molecule has 1 aliphatic carbocycles. The molecule has 0 spiro atoms. The van der Waals surface area contributed by atoms with Crippen molar-refractivity contribution in [2.24, 2.45) is 10.1 Å². The maximum Gasteiger partial charge on any atom is 0.337 e. The van der Waals surface area contributed by atoms with Crippen molar-refractivity contribution in [1.82, 2.24) is 4.68 Å². The zero-order chi connectivity index (χ0) is 20.5. The highest BCUT2D eigenvalue weighted by atomic mass is 32.1. The normalized spacial score (nSPS) is 14.6. The van der Waals surface area contributed by atoms with Crippen LogP contribution in [-0.4, -0.2) is 30.0 Å². The Labute approximate surface area is 176 Å². The molecule has 4 aromatic rings. The van der Waals surface area contributed by atoms with Crippen LogP contribution in [0.3, 0.4) is 0 Å². The molecule has 1 saturated carbocycles. The monoisotopic (exact) mass is 417 g/mol. The van der Waals surface area contributed by atoms with Crippen LogP contribution in [-0.2, 0) is 4.74 Å². The fourth-order valence-electron chi connectivity index (χ4n) is 3.09. The number of aromatic nitrogens is 1. The van der Waals surface area contributed by atoms with Crippen molar-refractivity contribution < 1.29 is 13.9 Å².